The molecule has 1 saturated carbocycles. The van der Waals surface area contributed by atoms with Crippen molar-refractivity contribution in [3.63, 3.8) is 0 Å². The molecule has 1 aromatic heterocycles. The third-order valence-corrected chi connectivity index (χ3v) is 5.26. The van der Waals surface area contributed by atoms with Gasteiger partial charge in [0.25, 0.3) is 0 Å². The van der Waals surface area contributed by atoms with E-state index >= 15 is 0 Å². The van der Waals surface area contributed by atoms with Crippen LogP contribution in [0.1, 0.15) is 23.7 Å². The molecule has 1 amide bonds. The first kappa shape index (κ1) is 15.3. The summed E-state index contributed by atoms with van der Waals surface area (Å²) in [5, 5.41) is 3.64. The Labute approximate surface area is 143 Å². The van der Waals surface area contributed by atoms with Crippen molar-refractivity contribution in [1.29, 1.82) is 0 Å². The maximum absolute atomic E-state index is 13.2. The number of carbonyl (C=O) groups excluding carboxylic acids is 1. The predicted octanol–water partition coefficient (Wildman–Crippen LogP) is 4.68. The minimum absolute atomic E-state index is 0.0265. The standard InChI is InChI=1S/C19H16FNO2S/c20-14-3-1-12(2-4-14)18(19(22)21-15-5-6-15)24-16-7-8-17-13(11-16)9-10-23-17/h1-4,7-11,15,18H,5-6H2,(H,21,22). The molecule has 2 aromatic carbocycles. The average Bonchev–Trinajstić information content (AvgIpc) is 3.27. The molecule has 122 valence electrons. The molecule has 1 unspecified atom stereocenters. The number of amides is 1. The topological polar surface area (TPSA) is 42.2 Å². The van der Waals surface area contributed by atoms with Crippen LogP contribution in [0.3, 0.4) is 0 Å². The van der Waals surface area contributed by atoms with E-state index in [4.69, 9.17) is 4.42 Å². The summed E-state index contributed by atoms with van der Waals surface area (Å²) in [5.74, 6) is -0.327. The summed E-state index contributed by atoms with van der Waals surface area (Å²) in [6.07, 6.45) is 3.72. The number of hydrogen-bond donors (Lipinski definition) is 1. The van der Waals surface area contributed by atoms with Crippen LogP contribution in [-0.2, 0) is 4.79 Å². The lowest BCUT2D eigenvalue weighted by Gasteiger charge is -2.17. The number of hydrogen-bond acceptors (Lipinski definition) is 3. The van der Waals surface area contributed by atoms with Crippen molar-refractivity contribution in [1.82, 2.24) is 5.32 Å². The zero-order chi connectivity index (χ0) is 16.5. The number of fused-ring (bicyclic) bond motifs is 1. The van der Waals surface area contributed by atoms with Crippen molar-refractivity contribution in [2.24, 2.45) is 0 Å². The van der Waals surface area contributed by atoms with E-state index in [0.717, 1.165) is 34.3 Å². The van der Waals surface area contributed by atoms with Gasteiger partial charge >= 0.3 is 0 Å². The van der Waals surface area contributed by atoms with E-state index in [9.17, 15) is 9.18 Å². The fourth-order valence-electron chi connectivity index (χ4n) is 2.57. The van der Waals surface area contributed by atoms with Gasteiger partial charge in [-0.2, -0.15) is 0 Å². The number of furan rings is 1. The Balaban J connectivity index is 1.62. The zero-order valence-corrected chi connectivity index (χ0v) is 13.7. The molecule has 1 heterocycles. The molecular formula is C19H16FNO2S. The third kappa shape index (κ3) is 3.31. The van der Waals surface area contributed by atoms with Crippen LogP contribution in [0, 0.1) is 5.82 Å². The fraction of sp³-hybridized carbons (Fsp3) is 0.211. The van der Waals surface area contributed by atoms with Gasteiger partial charge in [-0.15, -0.1) is 11.8 Å². The van der Waals surface area contributed by atoms with Crippen LogP contribution in [0.2, 0.25) is 0 Å². The Morgan fingerprint density at radius 3 is 2.71 bits per heavy atom. The lowest BCUT2D eigenvalue weighted by molar-refractivity contribution is -0.120. The molecule has 0 radical (unpaired) electrons. The minimum atomic E-state index is -0.407. The highest BCUT2D eigenvalue weighted by molar-refractivity contribution is 8.00. The lowest BCUT2D eigenvalue weighted by Crippen LogP contribution is -2.29. The second-order valence-corrected chi connectivity index (χ2v) is 7.13. The van der Waals surface area contributed by atoms with E-state index in [-0.39, 0.29) is 17.8 Å². The molecule has 1 N–H and O–H groups in total. The second-order valence-electron chi connectivity index (χ2n) is 5.95. The van der Waals surface area contributed by atoms with Gasteiger partial charge in [0.15, 0.2) is 0 Å². The molecule has 1 atom stereocenters. The summed E-state index contributed by atoms with van der Waals surface area (Å²) < 4.78 is 18.6. The quantitative estimate of drug-likeness (QED) is 0.685. The summed E-state index contributed by atoms with van der Waals surface area (Å²) in [7, 11) is 0. The first-order valence-electron chi connectivity index (χ1n) is 7.89. The zero-order valence-electron chi connectivity index (χ0n) is 12.9. The van der Waals surface area contributed by atoms with Crippen molar-refractivity contribution < 1.29 is 13.6 Å². The molecule has 4 rings (SSSR count). The molecule has 1 aliphatic carbocycles. The molecule has 0 saturated heterocycles. The summed E-state index contributed by atoms with van der Waals surface area (Å²) in [5.41, 5.74) is 1.62. The second kappa shape index (κ2) is 6.32. The molecule has 24 heavy (non-hydrogen) atoms. The van der Waals surface area contributed by atoms with Gasteiger partial charge in [-0.25, -0.2) is 4.39 Å². The van der Waals surface area contributed by atoms with Gasteiger partial charge in [0.1, 0.15) is 16.7 Å². The summed E-state index contributed by atoms with van der Waals surface area (Å²) in [6, 6.07) is 14.2. The van der Waals surface area contributed by atoms with Crippen LogP contribution in [-0.4, -0.2) is 11.9 Å². The molecule has 1 aliphatic rings. The van der Waals surface area contributed by atoms with Gasteiger partial charge in [-0.1, -0.05) is 12.1 Å². The lowest BCUT2D eigenvalue weighted by atomic mass is 10.1. The number of carbonyl (C=O) groups is 1. The van der Waals surface area contributed by atoms with Gasteiger partial charge in [0, 0.05) is 16.3 Å². The Hall–Kier alpha value is -2.27. The van der Waals surface area contributed by atoms with Gasteiger partial charge < -0.3 is 9.73 Å². The number of nitrogens with one attached hydrogen (secondary N) is 1. The number of halogens is 1. The number of rotatable bonds is 5. The van der Waals surface area contributed by atoms with Crippen molar-refractivity contribution in [2.75, 3.05) is 0 Å². The summed E-state index contributed by atoms with van der Waals surface area (Å²) in [6.45, 7) is 0. The largest absolute Gasteiger partial charge is 0.464 e. The van der Waals surface area contributed by atoms with Crippen molar-refractivity contribution >= 4 is 28.6 Å². The Morgan fingerprint density at radius 2 is 1.96 bits per heavy atom. The SMILES string of the molecule is O=C(NC1CC1)C(Sc1ccc2occc2c1)c1ccc(F)cc1. The highest BCUT2D eigenvalue weighted by Gasteiger charge is 2.29. The monoisotopic (exact) mass is 341 g/mol. The van der Waals surface area contributed by atoms with Crippen LogP contribution in [0.15, 0.2) is 64.1 Å². The molecule has 3 aromatic rings. The van der Waals surface area contributed by atoms with Crippen LogP contribution >= 0.6 is 11.8 Å². The molecule has 1 fully saturated rings. The highest BCUT2D eigenvalue weighted by Crippen LogP contribution is 2.37. The maximum atomic E-state index is 13.2. The number of thioether (sulfide) groups is 1. The molecular weight excluding hydrogens is 325 g/mol. The molecule has 0 aliphatic heterocycles. The van der Waals surface area contributed by atoms with Crippen molar-refractivity contribution in [3.8, 4) is 0 Å². The Bertz CT molecular complexity index is 870. The van der Waals surface area contributed by atoms with Gasteiger partial charge in [0.2, 0.25) is 5.91 Å². The van der Waals surface area contributed by atoms with E-state index in [0.29, 0.717) is 0 Å². The first-order chi connectivity index (χ1) is 11.7. The van der Waals surface area contributed by atoms with Crippen molar-refractivity contribution in [2.45, 2.75) is 29.0 Å². The van der Waals surface area contributed by atoms with Crippen LogP contribution in [0.4, 0.5) is 4.39 Å². The first-order valence-corrected chi connectivity index (χ1v) is 8.77. The van der Waals surface area contributed by atoms with Gasteiger partial charge in [-0.05, 0) is 54.8 Å². The molecule has 5 heteroatoms. The third-order valence-electron chi connectivity index (χ3n) is 4.01. The average molecular weight is 341 g/mol. The Morgan fingerprint density at radius 1 is 1.17 bits per heavy atom. The molecule has 3 nitrogen and oxygen atoms in total. The van der Waals surface area contributed by atoms with Crippen LogP contribution < -0.4 is 5.32 Å². The summed E-state index contributed by atoms with van der Waals surface area (Å²) >= 11 is 1.47. The Kier molecular flexibility index (Phi) is 4.02. The molecule has 0 bridgehead atoms. The fourth-order valence-corrected chi connectivity index (χ4v) is 3.65. The van der Waals surface area contributed by atoms with E-state index < -0.39 is 5.25 Å². The maximum Gasteiger partial charge on any atom is 0.238 e. The van der Waals surface area contributed by atoms with E-state index in [1.807, 2.05) is 24.3 Å². The van der Waals surface area contributed by atoms with E-state index in [2.05, 4.69) is 5.32 Å². The number of benzene rings is 2. The highest BCUT2D eigenvalue weighted by atomic mass is 32.2. The van der Waals surface area contributed by atoms with Crippen molar-refractivity contribution in [3.05, 3.63) is 66.2 Å². The predicted molar refractivity (Wildman–Crippen MR) is 92.4 cm³/mol. The van der Waals surface area contributed by atoms with E-state index in [1.54, 1.807) is 18.4 Å². The summed E-state index contributed by atoms with van der Waals surface area (Å²) in [4.78, 5) is 13.6. The smallest absolute Gasteiger partial charge is 0.238 e. The minimum Gasteiger partial charge on any atom is -0.464 e. The van der Waals surface area contributed by atoms with Gasteiger partial charge in [0.05, 0.1) is 6.26 Å². The normalized spacial score (nSPS) is 15.4. The van der Waals surface area contributed by atoms with Gasteiger partial charge in [-0.3, -0.25) is 4.79 Å². The van der Waals surface area contributed by atoms with E-state index in [1.165, 1.54) is 23.9 Å². The van der Waals surface area contributed by atoms with Crippen LogP contribution in [0.5, 0.6) is 0 Å². The van der Waals surface area contributed by atoms with Crippen LogP contribution in [0.25, 0.3) is 11.0 Å². The molecule has 0 spiro atoms.